The van der Waals surface area contributed by atoms with Crippen LogP contribution in [0.4, 0.5) is 0 Å². The number of methoxy groups -OCH3 is 1. The van der Waals surface area contributed by atoms with Crippen LogP contribution < -0.4 is 10.1 Å². The second-order valence-corrected chi connectivity index (χ2v) is 6.64. The Hall–Kier alpha value is -1.56. The van der Waals surface area contributed by atoms with E-state index in [2.05, 4.69) is 21.2 Å². The molecule has 2 amide bonds. The summed E-state index contributed by atoms with van der Waals surface area (Å²) in [6.45, 7) is 0.616. The number of hydrogen-bond acceptors (Lipinski definition) is 3. The van der Waals surface area contributed by atoms with Crippen molar-refractivity contribution < 1.29 is 14.3 Å². The van der Waals surface area contributed by atoms with Gasteiger partial charge in [0.1, 0.15) is 11.8 Å². The first kappa shape index (κ1) is 15.3. The van der Waals surface area contributed by atoms with Gasteiger partial charge in [0.25, 0.3) is 5.91 Å². The van der Waals surface area contributed by atoms with Crippen LogP contribution in [0.3, 0.4) is 0 Å². The van der Waals surface area contributed by atoms with Crippen molar-refractivity contribution in [2.24, 2.45) is 0 Å². The Balaban J connectivity index is 1.79. The van der Waals surface area contributed by atoms with Gasteiger partial charge in [0, 0.05) is 17.1 Å². The van der Waals surface area contributed by atoms with Gasteiger partial charge in [-0.15, -0.1) is 0 Å². The van der Waals surface area contributed by atoms with Gasteiger partial charge in [-0.3, -0.25) is 9.59 Å². The predicted octanol–water partition coefficient (Wildman–Crippen LogP) is 2.34. The minimum absolute atomic E-state index is 0.0210. The molecule has 1 aliphatic heterocycles. The Morgan fingerprint density at radius 1 is 1.32 bits per heavy atom. The van der Waals surface area contributed by atoms with Crippen molar-refractivity contribution in [1.29, 1.82) is 0 Å². The van der Waals surface area contributed by atoms with Crippen LogP contribution in [0.15, 0.2) is 22.7 Å². The van der Waals surface area contributed by atoms with Crippen molar-refractivity contribution >= 4 is 27.7 Å². The lowest BCUT2D eigenvalue weighted by molar-refractivity contribution is -0.125. The molecule has 0 bridgehead atoms. The van der Waals surface area contributed by atoms with Gasteiger partial charge in [-0.2, -0.15) is 0 Å². The molecule has 1 aromatic rings. The van der Waals surface area contributed by atoms with E-state index in [0.29, 0.717) is 28.4 Å². The van der Waals surface area contributed by atoms with Gasteiger partial charge < -0.3 is 15.0 Å². The normalized spacial score (nSPS) is 20.8. The zero-order valence-electron chi connectivity index (χ0n) is 12.5. The molecule has 1 atom stereocenters. The Morgan fingerprint density at radius 2 is 2.09 bits per heavy atom. The Bertz CT molecular complexity index is 601. The Kier molecular flexibility index (Phi) is 4.38. The predicted molar refractivity (Wildman–Crippen MR) is 85.9 cm³/mol. The van der Waals surface area contributed by atoms with Crippen molar-refractivity contribution in [3.05, 3.63) is 28.2 Å². The number of hydrogen-bond donors (Lipinski definition) is 1. The third-order valence-electron chi connectivity index (χ3n) is 4.14. The molecule has 1 heterocycles. The molecular weight excluding hydrogens is 348 g/mol. The van der Waals surface area contributed by atoms with Crippen molar-refractivity contribution in [2.75, 3.05) is 13.7 Å². The Morgan fingerprint density at radius 3 is 2.77 bits per heavy atom. The third-order valence-corrected chi connectivity index (χ3v) is 4.84. The largest absolute Gasteiger partial charge is 0.497 e. The lowest BCUT2D eigenvalue weighted by Crippen LogP contribution is -2.46. The van der Waals surface area contributed by atoms with Gasteiger partial charge in [0.05, 0.1) is 12.7 Å². The molecule has 6 heteroatoms. The number of carbonyl (C=O) groups excluding carboxylic acids is 2. The molecular formula is C16H19BrN2O3. The van der Waals surface area contributed by atoms with Crippen molar-refractivity contribution in [3.8, 4) is 5.75 Å². The van der Waals surface area contributed by atoms with Crippen LogP contribution in [-0.2, 0) is 4.79 Å². The number of amides is 2. The fraction of sp³-hybridized carbons (Fsp3) is 0.500. The molecule has 1 N–H and O–H groups in total. The number of rotatable bonds is 4. The van der Waals surface area contributed by atoms with Crippen LogP contribution in [0.1, 0.15) is 36.0 Å². The number of likely N-dealkylation sites (tertiary alicyclic amines) is 1. The molecule has 0 spiro atoms. The number of ether oxygens (including phenoxy) is 1. The van der Waals surface area contributed by atoms with E-state index in [1.54, 1.807) is 30.2 Å². The quantitative estimate of drug-likeness (QED) is 0.889. The molecule has 1 aromatic carbocycles. The summed E-state index contributed by atoms with van der Waals surface area (Å²) in [6.07, 6.45) is 3.68. The smallest absolute Gasteiger partial charge is 0.255 e. The highest BCUT2D eigenvalue weighted by Crippen LogP contribution is 2.28. The van der Waals surface area contributed by atoms with Gasteiger partial charge in [0.15, 0.2) is 0 Å². The number of nitrogens with zero attached hydrogens (tertiary/aromatic N) is 1. The molecule has 2 aliphatic rings. The molecule has 2 fully saturated rings. The van der Waals surface area contributed by atoms with Gasteiger partial charge in [-0.1, -0.05) is 0 Å². The minimum atomic E-state index is -0.355. The van der Waals surface area contributed by atoms with Gasteiger partial charge in [-0.05, 0) is 59.8 Å². The molecule has 118 valence electrons. The summed E-state index contributed by atoms with van der Waals surface area (Å²) < 4.78 is 5.90. The first-order valence-corrected chi connectivity index (χ1v) is 8.34. The van der Waals surface area contributed by atoms with E-state index in [-0.39, 0.29) is 17.9 Å². The summed E-state index contributed by atoms with van der Waals surface area (Å²) in [5.41, 5.74) is 0.533. The minimum Gasteiger partial charge on any atom is -0.497 e. The maximum absolute atomic E-state index is 12.8. The van der Waals surface area contributed by atoms with Crippen molar-refractivity contribution in [1.82, 2.24) is 10.2 Å². The van der Waals surface area contributed by atoms with Gasteiger partial charge in [0.2, 0.25) is 5.91 Å². The topological polar surface area (TPSA) is 58.6 Å². The van der Waals surface area contributed by atoms with E-state index in [1.165, 1.54) is 0 Å². The van der Waals surface area contributed by atoms with E-state index < -0.39 is 0 Å². The first-order chi connectivity index (χ1) is 10.6. The second kappa shape index (κ2) is 6.28. The highest BCUT2D eigenvalue weighted by molar-refractivity contribution is 9.10. The molecule has 1 aliphatic carbocycles. The van der Waals surface area contributed by atoms with E-state index in [4.69, 9.17) is 4.74 Å². The van der Waals surface area contributed by atoms with Crippen LogP contribution in [0.25, 0.3) is 0 Å². The number of halogens is 1. The molecule has 0 aromatic heterocycles. The highest BCUT2D eigenvalue weighted by atomic mass is 79.9. The zero-order chi connectivity index (χ0) is 15.7. The average Bonchev–Trinajstić information content (AvgIpc) is 3.19. The van der Waals surface area contributed by atoms with Crippen LogP contribution in [0.2, 0.25) is 0 Å². The molecule has 0 unspecified atom stereocenters. The molecule has 1 saturated heterocycles. The third kappa shape index (κ3) is 3.11. The summed E-state index contributed by atoms with van der Waals surface area (Å²) in [7, 11) is 1.57. The monoisotopic (exact) mass is 366 g/mol. The van der Waals surface area contributed by atoms with E-state index in [9.17, 15) is 9.59 Å². The zero-order valence-corrected chi connectivity index (χ0v) is 14.1. The fourth-order valence-corrected chi connectivity index (χ4v) is 3.17. The summed E-state index contributed by atoms with van der Waals surface area (Å²) in [6, 6.07) is 5.25. The van der Waals surface area contributed by atoms with Crippen LogP contribution in [-0.4, -0.2) is 42.5 Å². The second-order valence-electron chi connectivity index (χ2n) is 5.79. The number of benzene rings is 1. The first-order valence-electron chi connectivity index (χ1n) is 7.55. The summed E-state index contributed by atoms with van der Waals surface area (Å²) in [4.78, 5) is 26.8. The van der Waals surface area contributed by atoms with Crippen molar-refractivity contribution in [2.45, 2.75) is 37.8 Å². The molecule has 1 saturated carbocycles. The average molecular weight is 367 g/mol. The fourth-order valence-electron chi connectivity index (χ4n) is 2.76. The molecule has 0 radical (unpaired) electrons. The van der Waals surface area contributed by atoms with Gasteiger partial charge in [-0.25, -0.2) is 0 Å². The van der Waals surface area contributed by atoms with Crippen LogP contribution in [0.5, 0.6) is 5.75 Å². The van der Waals surface area contributed by atoms with Crippen LogP contribution in [0, 0.1) is 0 Å². The maximum Gasteiger partial charge on any atom is 0.255 e. The highest BCUT2D eigenvalue weighted by Gasteiger charge is 2.37. The number of nitrogens with one attached hydrogen (secondary N) is 1. The van der Waals surface area contributed by atoms with E-state index >= 15 is 0 Å². The number of carbonyl (C=O) groups is 2. The van der Waals surface area contributed by atoms with Gasteiger partial charge >= 0.3 is 0 Å². The molecule has 3 rings (SSSR count). The van der Waals surface area contributed by atoms with E-state index in [0.717, 1.165) is 25.7 Å². The molecule has 5 nitrogen and oxygen atoms in total. The molecule has 22 heavy (non-hydrogen) atoms. The SMILES string of the molecule is COc1ccc(Br)c(C(=O)N2CCC[C@@H]2C(=O)NC2CC2)c1. The lowest BCUT2D eigenvalue weighted by Gasteiger charge is -2.24. The van der Waals surface area contributed by atoms with Crippen LogP contribution >= 0.6 is 15.9 Å². The summed E-state index contributed by atoms with van der Waals surface area (Å²) in [5, 5.41) is 3.00. The van der Waals surface area contributed by atoms with E-state index in [1.807, 2.05) is 0 Å². The maximum atomic E-state index is 12.8. The summed E-state index contributed by atoms with van der Waals surface area (Å²) >= 11 is 3.41. The lowest BCUT2D eigenvalue weighted by atomic mass is 10.1. The standard InChI is InChI=1S/C16H19BrN2O3/c1-22-11-6-7-13(17)12(9-11)16(21)19-8-2-3-14(19)15(20)18-10-4-5-10/h6-7,9-10,14H,2-5,8H2,1H3,(H,18,20)/t14-/m1/s1. The Labute approximate surface area is 138 Å². The van der Waals surface area contributed by atoms with Crippen molar-refractivity contribution in [3.63, 3.8) is 0 Å². The summed E-state index contributed by atoms with van der Waals surface area (Å²) in [5.74, 6) is 0.483.